The predicted molar refractivity (Wildman–Crippen MR) is 143 cm³/mol. The molecule has 0 bridgehead atoms. The zero-order valence-electron chi connectivity index (χ0n) is 21.5. The number of aromatic nitrogens is 2. The quantitative estimate of drug-likeness (QED) is 0.239. The van der Waals surface area contributed by atoms with Crippen molar-refractivity contribution in [2.24, 2.45) is 0 Å². The first kappa shape index (κ1) is 25.5. The van der Waals surface area contributed by atoms with Crippen molar-refractivity contribution >= 4 is 28.6 Å². The number of nitrogens with one attached hydrogen (secondary N) is 1. The topological polar surface area (TPSA) is 126 Å². The summed E-state index contributed by atoms with van der Waals surface area (Å²) in [7, 11) is 3.01. The second kappa shape index (κ2) is 11.1. The molecule has 0 fully saturated rings. The fourth-order valence-electron chi connectivity index (χ4n) is 4.00. The van der Waals surface area contributed by atoms with Gasteiger partial charge in [-0.2, -0.15) is 0 Å². The van der Waals surface area contributed by atoms with Gasteiger partial charge < -0.3 is 28.4 Å². The molecule has 1 atom stereocenters. The highest BCUT2D eigenvalue weighted by atomic mass is 16.5. The van der Waals surface area contributed by atoms with E-state index < -0.39 is 18.0 Å². The molecule has 10 heteroatoms. The molecule has 0 saturated carbocycles. The maximum Gasteiger partial charge on any atom is 0.338 e. The van der Waals surface area contributed by atoms with Gasteiger partial charge in [-0.25, -0.2) is 14.8 Å². The molecule has 3 heterocycles. The van der Waals surface area contributed by atoms with Crippen LogP contribution >= 0.6 is 0 Å². The number of hydrogen-bond donors (Lipinski definition) is 1. The van der Waals surface area contributed by atoms with E-state index in [1.54, 1.807) is 73.9 Å². The van der Waals surface area contributed by atoms with Crippen molar-refractivity contribution in [2.75, 3.05) is 19.5 Å². The molecule has 0 radical (unpaired) electrons. The summed E-state index contributed by atoms with van der Waals surface area (Å²) >= 11 is 0. The van der Waals surface area contributed by atoms with E-state index in [1.165, 1.54) is 20.5 Å². The number of anilines is 1. The van der Waals surface area contributed by atoms with Crippen LogP contribution in [0.1, 0.15) is 23.7 Å². The Morgan fingerprint density at radius 1 is 0.872 bits per heavy atom. The Bertz CT molecular complexity index is 1610. The van der Waals surface area contributed by atoms with Crippen molar-refractivity contribution in [2.45, 2.75) is 19.4 Å². The number of fused-ring (bicyclic) bond motifs is 1. The first-order valence-electron chi connectivity index (χ1n) is 12.1. The van der Waals surface area contributed by atoms with E-state index >= 15 is 0 Å². The molecular formula is C29H25N3O7. The van der Waals surface area contributed by atoms with Crippen LogP contribution < -0.4 is 14.8 Å². The van der Waals surface area contributed by atoms with E-state index in [-0.39, 0.29) is 12.0 Å². The minimum atomic E-state index is -1.05. The molecule has 2 aromatic carbocycles. The lowest BCUT2D eigenvalue weighted by molar-refractivity contribution is -0.124. The fourth-order valence-corrected chi connectivity index (χ4v) is 4.00. The molecule has 39 heavy (non-hydrogen) atoms. The van der Waals surface area contributed by atoms with Gasteiger partial charge in [-0.05, 0) is 61.0 Å². The highest BCUT2D eigenvalue weighted by Crippen LogP contribution is 2.32. The highest BCUT2D eigenvalue weighted by Gasteiger charge is 2.24. The van der Waals surface area contributed by atoms with Crippen LogP contribution in [0.15, 0.2) is 82.0 Å². The number of furan rings is 2. The lowest BCUT2D eigenvalue weighted by atomic mass is 10.1. The number of ether oxygens (including phenoxy) is 3. The van der Waals surface area contributed by atoms with Crippen molar-refractivity contribution in [1.29, 1.82) is 0 Å². The van der Waals surface area contributed by atoms with Crippen molar-refractivity contribution < 1.29 is 32.6 Å². The van der Waals surface area contributed by atoms with E-state index in [9.17, 15) is 9.59 Å². The largest absolute Gasteiger partial charge is 0.497 e. The molecule has 10 nitrogen and oxygen atoms in total. The Hall–Kier alpha value is -5.12. The second-order valence-corrected chi connectivity index (χ2v) is 8.44. The third kappa shape index (κ3) is 5.30. The Labute approximate surface area is 223 Å². The summed E-state index contributed by atoms with van der Waals surface area (Å²) in [5.41, 5.74) is 2.58. The average Bonchev–Trinajstić information content (AvgIpc) is 3.70. The zero-order chi connectivity index (χ0) is 27.4. The molecule has 0 aliphatic carbocycles. The van der Waals surface area contributed by atoms with Gasteiger partial charge in [-0.1, -0.05) is 6.92 Å². The maximum absolute atomic E-state index is 13.1. The van der Waals surface area contributed by atoms with Crippen molar-refractivity contribution in [1.82, 2.24) is 9.97 Å². The van der Waals surface area contributed by atoms with Gasteiger partial charge >= 0.3 is 5.97 Å². The van der Waals surface area contributed by atoms with Gasteiger partial charge in [0.05, 0.1) is 49.0 Å². The van der Waals surface area contributed by atoms with Gasteiger partial charge in [0.2, 0.25) is 0 Å². The van der Waals surface area contributed by atoms with Gasteiger partial charge in [0, 0.05) is 6.07 Å². The van der Waals surface area contributed by atoms with Crippen LogP contribution in [0.4, 0.5) is 5.69 Å². The number of benzene rings is 2. The number of rotatable bonds is 9. The average molecular weight is 528 g/mol. The monoisotopic (exact) mass is 527 g/mol. The number of esters is 1. The lowest BCUT2D eigenvalue weighted by Gasteiger charge is -2.18. The minimum Gasteiger partial charge on any atom is -0.497 e. The summed E-state index contributed by atoms with van der Waals surface area (Å²) < 4.78 is 27.2. The Morgan fingerprint density at radius 2 is 1.56 bits per heavy atom. The highest BCUT2D eigenvalue weighted by molar-refractivity contribution is 5.99. The summed E-state index contributed by atoms with van der Waals surface area (Å²) in [5, 5.41) is 2.75. The molecule has 5 rings (SSSR count). The van der Waals surface area contributed by atoms with E-state index in [2.05, 4.69) is 5.32 Å². The molecule has 3 aromatic heterocycles. The second-order valence-electron chi connectivity index (χ2n) is 8.44. The summed E-state index contributed by atoms with van der Waals surface area (Å²) in [6.07, 6.45) is 2.30. The predicted octanol–water partition coefficient (Wildman–Crippen LogP) is 5.74. The molecule has 0 aliphatic heterocycles. The fraction of sp³-hybridized carbons (Fsp3) is 0.172. The smallest absolute Gasteiger partial charge is 0.338 e. The third-order valence-electron chi connectivity index (χ3n) is 5.99. The molecule has 1 N–H and O–H groups in total. The SMILES string of the molecule is CCC(OC(=O)c1ccc2nc(-c3ccco3)c(-c3ccco3)nc2c1)C(=O)Nc1cc(OC)ccc1OC. The number of nitrogens with zero attached hydrogens (tertiary/aromatic N) is 2. The number of carbonyl (C=O) groups excluding carboxylic acids is 2. The molecule has 1 unspecified atom stereocenters. The van der Waals surface area contributed by atoms with E-state index in [1.807, 2.05) is 0 Å². The number of hydrogen-bond acceptors (Lipinski definition) is 9. The van der Waals surface area contributed by atoms with Crippen LogP contribution in [0.25, 0.3) is 33.9 Å². The normalized spacial score (nSPS) is 11.7. The molecule has 0 aliphatic rings. The van der Waals surface area contributed by atoms with Crippen LogP contribution in [0.2, 0.25) is 0 Å². The molecule has 1 amide bonds. The molecular weight excluding hydrogens is 502 g/mol. The van der Waals surface area contributed by atoms with Crippen LogP contribution in [-0.4, -0.2) is 42.2 Å². The molecule has 198 valence electrons. The van der Waals surface area contributed by atoms with E-state index in [0.717, 1.165) is 0 Å². The number of methoxy groups -OCH3 is 2. The Morgan fingerprint density at radius 3 is 2.15 bits per heavy atom. The Kier molecular flexibility index (Phi) is 7.26. The van der Waals surface area contributed by atoms with Crippen molar-refractivity contribution in [3.05, 3.63) is 78.8 Å². The summed E-state index contributed by atoms with van der Waals surface area (Å²) in [6.45, 7) is 1.75. The summed E-state index contributed by atoms with van der Waals surface area (Å²) in [4.78, 5) is 35.5. The van der Waals surface area contributed by atoms with Gasteiger partial charge in [-0.3, -0.25) is 4.79 Å². The van der Waals surface area contributed by atoms with Gasteiger partial charge in [0.15, 0.2) is 17.6 Å². The Balaban J connectivity index is 1.40. The van der Waals surface area contributed by atoms with Crippen molar-refractivity contribution in [3.8, 4) is 34.4 Å². The van der Waals surface area contributed by atoms with Gasteiger partial charge in [0.1, 0.15) is 22.9 Å². The maximum atomic E-state index is 13.1. The standard InChI is InChI=1S/C29H25N3O7/c1-4-22(28(33)32-21-16-18(35-2)10-12-23(21)36-3)39-29(34)17-9-11-19-20(15-17)31-27(25-8-6-14-38-25)26(30-19)24-7-5-13-37-24/h5-16,22H,4H2,1-3H3,(H,32,33). The van der Waals surface area contributed by atoms with Crippen LogP contribution in [0.5, 0.6) is 11.5 Å². The summed E-state index contributed by atoms with van der Waals surface area (Å²) in [5.74, 6) is 0.842. The first-order chi connectivity index (χ1) is 19.0. The minimum absolute atomic E-state index is 0.221. The van der Waals surface area contributed by atoms with Crippen molar-refractivity contribution in [3.63, 3.8) is 0 Å². The van der Waals surface area contributed by atoms with Gasteiger partial charge in [0.25, 0.3) is 5.91 Å². The first-order valence-corrected chi connectivity index (χ1v) is 12.1. The molecule has 0 saturated heterocycles. The van der Waals surface area contributed by atoms with E-state index in [4.69, 9.17) is 33.0 Å². The van der Waals surface area contributed by atoms with Crippen LogP contribution in [0.3, 0.4) is 0 Å². The van der Waals surface area contributed by atoms with Crippen LogP contribution in [-0.2, 0) is 9.53 Å². The lowest BCUT2D eigenvalue weighted by Crippen LogP contribution is -2.32. The van der Waals surface area contributed by atoms with E-state index in [0.29, 0.717) is 51.1 Å². The number of carbonyl (C=O) groups is 2. The van der Waals surface area contributed by atoms with Gasteiger partial charge in [-0.15, -0.1) is 0 Å². The van der Waals surface area contributed by atoms with Crippen LogP contribution in [0, 0.1) is 0 Å². The number of amides is 1. The third-order valence-corrected chi connectivity index (χ3v) is 5.99. The molecule has 0 spiro atoms. The zero-order valence-corrected chi connectivity index (χ0v) is 21.5. The summed E-state index contributed by atoms with van der Waals surface area (Å²) in [6, 6.07) is 16.9. The molecule has 5 aromatic rings.